The molecule has 0 fully saturated rings. The molecule has 0 aromatic carbocycles. The van der Waals surface area contributed by atoms with Crippen molar-refractivity contribution in [1.82, 2.24) is 0 Å². The average Bonchev–Trinajstić information content (AvgIpc) is 2.89. The van der Waals surface area contributed by atoms with Crippen molar-refractivity contribution < 1.29 is 9.50 Å². The SMILES string of the molecule is OC/C=C(\F)c1ccc(-c2cccs2)s1. The fraction of sp³-hybridized carbons (Fsp3) is 0.0909. The number of aliphatic hydroxyl groups is 1. The zero-order chi connectivity index (χ0) is 10.7. The molecule has 0 aliphatic heterocycles. The Bertz CT molecular complexity index is 457. The minimum absolute atomic E-state index is 0.266. The third-order valence-corrected chi connectivity index (χ3v) is 4.04. The van der Waals surface area contributed by atoms with Gasteiger partial charge >= 0.3 is 0 Å². The summed E-state index contributed by atoms with van der Waals surface area (Å²) in [5.74, 6) is -0.356. The number of halogens is 1. The highest BCUT2D eigenvalue weighted by atomic mass is 32.1. The molecule has 1 nitrogen and oxygen atoms in total. The normalized spacial score (nSPS) is 12.0. The summed E-state index contributed by atoms with van der Waals surface area (Å²) in [5.41, 5.74) is 0. The Morgan fingerprint density at radius 3 is 2.87 bits per heavy atom. The van der Waals surface area contributed by atoms with Crippen LogP contribution in [-0.4, -0.2) is 11.7 Å². The van der Waals surface area contributed by atoms with Crippen LogP contribution in [0.4, 0.5) is 4.39 Å². The summed E-state index contributed by atoms with van der Waals surface area (Å²) in [7, 11) is 0. The topological polar surface area (TPSA) is 20.2 Å². The molecule has 0 aliphatic rings. The molecule has 0 unspecified atom stereocenters. The molecule has 0 aliphatic carbocycles. The third kappa shape index (κ3) is 2.34. The van der Waals surface area contributed by atoms with Crippen LogP contribution < -0.4 is 0 Å². The monoisotopic (exact) mass is 240 g/mol. The van der Waals surface area contributed by atoms with Gasteiger partial charge in [-0.15, -0.1) is 22.7 Å². The van der Waals surface area contributed by atoms with E-state index in [0.29, 0.717) is 4.88 Å². The smallest absolute Gasteiger partial charge is 0.138 e. The third-order valence-electron chi connectivity index (χ3n) is 1.88. The lowest BCUT2D eigenvalue weighted by Crippen LogP contribution is -1.75. The summed E-state index contributed by atoms with van der Waals surface area (Å²) in [6, 6.07) is 7.62. The van der Waals surface area contributed by atoms with E-state index in [4.69, 9.17) is 5.11 Å². The molecule has 0 saturated heterocycles. The quantitative estimate of drug-likeness (QED) is 0.865. The lowest BCUT2D eigenvalue weighted by atomic mass is 10.3. The zero-order valence-corrected chi connectivity index (χ0v) is 9.45. The highest BCUT2D eigenvalue weighted by Crippen LogP contribution is 2.34. The van der Waals surface area contributed by atoms with Crippen molar-refractivity contribution in [1.29, 1.82) is 0 Å². The van der Waals surface area contributed by atoms with Crippen molar-refractivity contribution in [3.05, 3.63) is 40.6 Å². The van der Waals surface area contributed by atoms with Gasteiger partial charge < -0.3 is 5.11 Å². The Labute approximate surface area is 95.1 Å². The Morgan fingerprint density at radius 1 is 1.33 bits per heavy atom. The molecule has 0 saturated carbocycles. The highest BCUT2D eigenvalue weighted by Gasteiger charge is 2.06. The molecule has 0 amide bonds. The number of hydrogen-bond acceptors (Lipinski definition) is 3. The first-order chi connectivity index (χ1) is 7.31. The van der Waals surface area contributed by atoms with Gasteiger partial charge in [0, 0.05) is 9.75 Å². The van der Waals surface area contributed by atoms with Crippen LogP contribution in [0.3, 0.4) is 0 Å². The van der Waals surface area contributed by atoms with Crippen LogP contribution in [0.15, 0.2) is 35.7 Å². The van der Waals surface area contributed by atoms with Crippen LogP contribution in [0, 0.1) is 0 Å². The standard InChI is InChI=1S/C11H9FOS2/c12-8(5-6-13)9-3-4-11(15-9)10-2-1-7-14-10/h1-5,7,13H,6H2/b8-5-. The van der Waals surface area contributed by atoms with E-state index in [1.54, 1.807) is 17.4 Å². The highest BCUT2D eigenvalue weighted by molar-refractivity contribution is 7.21. The maximum Gasteiger partial charge on any atom is 0.138 e. The minimum atomic E-state index is -0.356. The van der Waals surface area contributed by atoms with Gasteiger partial charge in [-0.3, -0.25) is 0 Å². The van der Waals surface area contributed by atoms with E-state index in [-0.39, 0.29) is 12.4 Å². The zero-order valence-electron chi connectivity index (χ0n) is 7.81. The Balaban J connectivity index is 2.29. The van der Waals surface area contributed by atoms with Crippen molar-refractivity contribution in [3.8, 4) is 9.75 Å². The van der Waals surface area contributed by atoms with Crippen LogP contribution in [-0.2, 0) is 0 Å². The molecule has 15 heavy (non-hydrogen) atoms. The number of hydrogen-bond donors (Lipinski definition) is 1. The van der Waals surface area contributed by atoms with Gasteiger partial charge in [-0.25, -0.2) is 4.39 Å². The molecular weight excluding hydrogens is 231 g/mol. The van der Waals surface area contributed by atoms with Gasteiger partial charge in [0.2, 0.25) is 0 Å². The first kappa shape index (κ1) is 10.5. The molecule has 0 spiro atoms. The summed E-state index contributed by atoms with van der Waals surface area (Å²) in [6.07, 6.45) is 1.17. The van der Waals surface area contributed by atoms with Crippen molar-refractivity contribution >= 4 is 28.5 Å². The summed E-state index contributed by atoms with van der Waals surface area (Å²) < 4.78 is 13.3. The van der Waals surface area contributed by atoms with Crippen molar-refractivity contribution in [3.63, 3.8) is 0 Å². The van der Waals surface area contributed by atoms with E-state index in [9.17, 15) is 4.39 Å². The van der Waals surface area contributed by atoms with E-state index < -0.39 is 0 Å². The summed E-state index contributed by atoms with van der Waals surface area (Å²) in [6.45, 7) is -0.266. The van der Waals surface area contributed by atoms with Gasteiger partial charge in [0.15, 0.2) is 0 Å². The lowest BCUT2D eigenvalue weighted by Gasteiger charge is -1.90. The Morgan fingerprint density at radius 2 is 2.20 bits per heavy atom. The summed E-state index contributed by atoms with van der Waals surface area (Å²) >= 11 is 3.03. The van der Waals surface area contributed by atoms with E-state index in [2.05, 4.69) is 0 Å². The van der Waals surface area contributed by atoms with Gasteiger partial charge in [0.1, 0.15) is 5.83 Å². The van der Waals surface area contributed by atoms with E-state index in [1.807, 2.05) is 23.6 Å². The molecule has 2 aromatic rings. The molecule has 2 rings (SSSR count). The first-order valence-electron chi connectivity index (χ1n) is 4.42. The van der Waals surface area contributed by atoms with E-state index >= 15 is 0 Å². The number of aliphatic hydroxyl groups excluding tert-OH is 1. The predicted molar refractivity (Wildman–Crippen MR) is 63.8 cm³/mol. The molecule has 0 radical (unpaired) electrons. The molecule has 0 atom stereocenters. The second-order valence-electron chi connectivity index (χ2n) is 2.88. The van der Waals surface area contributed by atoms with E-state index in [1.165, 1.54) is 17.4 Å². The van der Waals surface area contributed by atoms with Crippen molar-refractivity contribution in [2.24, 2.45) is 0 Å². The lowest BCUT2D eigenvalue weighted by molar-refractivity contribution is 0.342. The molecule has 1 N–H and O–H groups in total. The van der Waals surface area contributed by atoms with Gasteiger partial charge in [-0.1, -0.05) is 6.07 Å². The van der Waals surface area contributed by atoms with Crippen molar-refractivity contribution in [2.45, 2.75) is 0 Å². The maximum atomic E-state index is 13.3. The van der Waals surface area contributed by atoms with Gasteiger partial charge in [0.05, 0.1) is 11.5 Å². The minimum Gasteiger partial charge on any atom is -0.392 e. The molecule has 4 heteroatoms. The largest absolute Gasteiger partial charge is 0.392 e. The number of thiophene rings is 2. The van der Waals surface area contributed by atoms with Crippen molar-refractivity contribution in [2.75, 3.05) is 6.61 Å². The van der Waals surface area contributed by atoms with Crippen LogP contribution in [0.2, 0.25) is 0 Å². The maximum absolute atomic E-state index is 13.3. The summed E-state index contributed by atoms with van der Waals surface area (Å²) in [5, 5.41) is 10.6. The van der Waals surface area contributed by atoms with Gasteiger partial charge in [-0.2, -0.15) is 0 Å². The Hall–Kier alpha value is -0.970. The average molecular weight is 240 g/mol. The predicted octanol–water partition coefficient (Wildman–Crippen LogP) is 3.78. The summed E-state index contributed by atoms with van der Waals surface area (Å²) in [4.78, 5) is 2.76. The molecule has 78 valence electrons. The molecule has 2 heterocycles. The number of rotatable bonds is 3. The molecular formula is C11H9FOS2. The Kier molecular flexibility index (Phi) is 3.30. The van der Waals surface area contributed by atoms with Gasteiger partial charge in [-0.05, 0) is 29.7 Å². The fourth-order valence-electron chi connectivity index (χ4n) is 1.20. The fourth-order valence-corrected chi connectivity index (χ4v) is 2.97. The molecule has 0 bridgehead atoms. The van der Waals surface area contributed by atoms with Crippen LogP contribution in [0.25, 0.3) is 15.6 Å². The molecule has 2 aromatic heterocycles. The second kappa shape index (κ2) is 4.70. The van der Waals surface area contributed by atoms with Crippen LogP contribution in [0.5, 0.6) is 0 Å². The van der Waals surface area contributed by atoms with Gasteiger partial charge in [0.25, 0.3) is 0 Å². The van der Waals surface area contributed by atoms with Crippen LogP contribution >= 0.6 is 22.7 Å². The first-order valence-corrected chi connectivity index (χ1v) is 6.11. The van der Waals surface area contributed by atoms with E-state index in [0.717, 1.165) is 9.75 Å². The van der Waals surface area contributed by atoms with Crippen LogP contribution in [0.1, 0.15) is 4.88 Å². The second-order valence-corrected chi connectivity index (χ2v) is 4.91.